The molecule has 1 nitrogen and oxygen atoms in total. The third-order valence-corrected chi connectivity index (χ3v) is 4.61. The second-order valence-corrected chi connectivity index (χ2v) is 6.35. The fourth-order valence-electron chi connectivity index (χ4n) is 3.08. The molecule has 0 aromatic heterocycles. The van der Waals surface area contributed by atoms with Gasteiger partial charge in [-0.05, 0) is 31.6 Å². The number of fused-ring (bicyclic) bond motifs is 1. The van der Waals surface area contributed by atoms with Crippen molar-refractivity contribution in [3.05, 3.63) is 70.8 Å². The summed E-state index contributed by atoms with van der Waals surface area (Å²) in [7, 11) is 2.12. The Hall–Kier alpha value is -1.86. The predicted octanol–water partition coefficient (Wildman–Crippen LogP) is 5.06. The summed E-state index contributed by atoms with van der Waals surface area (Å²) in [5.74, 6) is 0. The second kappa shape index (κ2) is 5.16. The lowest BCUT2D eigenvalue weighted by Gasteiger charge is -2.15. The van der Waals surface area contributed by atoms with Gasteiger partial charge in [0.1, 0.15) is 7.05 Å². The Morgan fingerprint density at radius 2 is 1.62 bits per heavy atom. The smallest absolute Gasteiger partial charge is 0.198 e. The summed E-state index contributed by atoms with van der Waals surface area (Å²) >= 11 is 6.23. The van der Waals surface area contributed by atoms with E-state index in [0.717, 1.165) is 10.6 Å². The first-order valence-corrected chi connectivity index (χ1v) is 7.53. The molecular weight excluding hydrogens is 278 g/mol. The molecule has 0 bridgehead atoms. The first-order chi connectivity index (χ1) is 10.0. The van der Waals surface area contributed by atoms with E-state index in [1.165, 1.54) is 17.0 Å². The molecule has 2 heteroatoms. The molecule has 0 radical (unpaired) electrons. The van der Waals surface area contributed by atoms with E-state index in [0.29, 0.717) is 0 Å². The summed E-state index contributed by atoms with van der Waals surface area (Å²) in [5, 5.41) is 0.783. The standard InChI is InChI=1S/C19H19ClN/c1-19(2)15-9-5-7-11-17(15)21(3)18(19)13-12-14-8-4-6-10-16(14)20/h4-13H,1-3H3/q+1. The van der Waals surface area contributed by atoms with Crippen molar-refractivity contribution in [3.63, 3.8) is 0 Å². The van der Waals surface area contributed by atoms with Gasteiger partial charge in [0.25, 0.3) is 0 Å². The minimum atomic E-state index is 0.00308. The zero-order chi connectivity index (χ0) is 15.0. The van der Waals surface area contributed by atoms with Gasteiger partial charge in [-0.2, -0.15) is 4.58 Å². The van der Waals surface area contributed by atoms with Gasteiger partial charge in [-0.3, -0.25) is 0 Å². The quantitative estimate of drug-likeness (QED) is 0.682. The fraction of sp³-hybridized carbons (Fsp3) is 0.211. The Bertz CT molecular complexity index is 754. The lowest BCUT2D eigenvalue weighted by molar-refractivity contribution is -0.401. The molecule has 3 rings (SSSR count). The van der Waals surface area contributed by atoms with Crippen molar-refractivity contribution >= 4 is 29.1 Å². The molecule has 0 aliphatic carbocycles. The molecule has 1 heterocycles. The SMILES string of the molecule is C[N+]1=C(C=Cc2ccccc2Cl)C(C)(C)c2ccccc21. The van der Waals surface area contributed by atoms with Gasteiger partial charge in [0.2, 0.25) is 5.69 Å². The van der Waals surface area contributed by atoms with Crippen LogP contribution in [0, 0.1) is 0 Å². The molecule has 2 aromatic rings. The minimum absolute atomic E-state index is 0.00308. The summed E-state index contributed by atoms with van der Waals surface area (Å²) < 4.78 is 2.27. The van der Waals surface area contributed by atoms with Gasteiger partial charge in [-0.15, -0.1) is 0 Å². The van der Waals surface area contributed by atoms with Crippen molar-refractivity contribution in [1.82, 2.24) is 0 Å². The van der Waals surface area contributed by atoms with Crippen LogP contribution in [0.2, 0.25) is 5.02 Å². The van der Waals surface area contributed by atoms with E-state index in [-0.39, 0.29) is 5.41 Å². The normalized spacial score (nSPS) is 16.6. The number of hydrogen-bond acceptors (Lipinski definition) is 0. The van der Waals surface area contributed by atoms with Crippen molar-refractivity contribution in [1.29, 1.82) is 0 Å². The third kappa shape index (κ3) is 2.32. The van der Waals surface area contributed by atoms with Gasteiger partial charge in [0.15, 0.2) is 5.71 Å². The Balaban J connectivity index is 2.04. The van der Waals surface area contributed by atoms with Crippen LogP contribution >= 0.6 is 11.6 Å². The zero-order valence-corrected chi connectivity index (χ0v) is 13.4. The molecule has 0 N–H and O–H groups in total. The van der Waals surface area contributed by atoms with Crippen molar-refractivity contribution < 1.29 is 4.58 Å². The molecule has 2 aromatic carbocycles. The highest BCUT2D eigenvalue weighted by molar-refractivity contribution is 6.32. The molecule has 1 aliphatic heterocycles. The maximum atomic E-state index is 6.23. The van der Waals surface area contributed by atoms with Crippen molar-refractivity contribution in [2.24, 2.45) is 0 Å². The van der Waals surface area contributed by atoms with E-state index in [9.17, 15) is 0 Å². The average Bonchev–Trinajstić information content (AvgIpc) is 2.67. The summed E-state index contributed by atoms with van der Waals surface area (Å²) in [6.45, 7) is 4.53. The Morgan fingerprint density at radius 1 is 0.952 bits per heavy atom. The minimum Gasteiger partial charge on any atom is -0.198 e. The lowest BCUT2D eigenvalue weighted by atomic mass is 9.81. The van der Waals surface area contributed by atoms with E-state index in [1.54, 1.807) is 0 Å². The number of nitrogens with zero attached hydrogens (tertiary/aromatic N) is 1. The lowest BCUT2D eigenvalue weighted by Crippen LogP contribution is -2.26. The molecule has 0 unspecified atom stereocenters. The van der Waals surface area contributed by atoms with Crippen LogP contribution in [0.25, 0.3) is 6.08 Å². The van der Waals surface area contributed by atoms with Crippen molar-refractivity contribution in [3.8, 4) is 0 Å². The van der Waals surface area contributed by atoms with Crippen LogP contribution in [0.15, 0.2) is 54.6 Å². The molecule has 21 heavy (non-hydrogen) atoms. The Morgan fingerprint density at radius 3 is 2.33 bits per heavy atom. The van der Waals surface area contributed by atoms with Crippen LogP contribution in [0.5, 0.6) is 0 Å². The molecule has 0 atom stereocenters. The van der Waals surface area contributed by atoms with Gasteiger partial charge in [-0.1, -0.05) is 48.0 Å². The second-order valence-electron chi connectivity index (χ2n) is 5.94. The van der Waals surface area contributed by atoms with Crippen LogP contribution in [0.3, 0.4) is 0 Å². The summed E-state index contributed by atoms with van der Waals surface area (Å²) in [5.41, 5.74) is 4.98. The summed E-state index contributed by atoms with van der Waals surface area (Å²) in [4.78, 5) is 0. The fourth-order valence-corrected chi connectivity index (χ4v) is 3.28. The van der Waals surface area contributed by atoms with Crippen LogP contribution in [-0.4, -0.2) is 17.3 Å². The van der Waals surface area contributed by atoms with E-state index >= 15 is 0 Å². The highest BCUT2D eigenvalue weighted by Crippen LogP contribution is 2.39. The molecule has 0 saturated heterocycles. The summed E-state index contributed by atoms with van der Waals surface area (Å²) in [6, 6.07) is 16.5. The number of benzene rings is 2. The molecule has 0 saturated carbocycles. The van der Waals surface area contributed by atoms with Gasteiger partial charge in [-0.25, -0.2) is 0 Å². The maximum absolute atomic E-state index is 6.23. The van der Waals surface area contributed by atoms with Gasteiger partial charge in [0, 0.05) is 22.7 Å². The van der Waals surface area contributed by atoms with E-state index in [1.807, 2.05) is 24.3 Å². The number of allylic oxidation sites excluding steroid dienone is 1. The molecule has 0 spiro atoms. The van der Waals surface area contributed by atoms with Crippen LogP contribution in [-0.2, 0) is 5.41 Å². The zero-order valence-electron chi connectivity index (χ0n) is 12.6. The first-order valence-electron chi connectivity index (χ1n) is 7.15. The van der Waals surface area contributed by atoms with Gasteiger partial charge < -0.3 is 0 Å². The Labute approximate surface area is 131 Å². The highest BCUT2D eigenvalue weighted by atomic mass is 35.5. The van der Waals surface area contributed by atoms with Crippen molar-refractivity contribution in [2.75, 3.05) is 7.05 Å². The maximum Gasteiger partial charge on any atom is 0.209 e. The van der Waals surface area contributed by atoms with E-state index in [2.05, 4.69) is 61.9 Å². The monoisotopic (exact) mass is 296 g/mol. The van der Waals surface area contributed by atoms with Gasteiger partial charge in [0.05, 0.1) is 5.41 Å². The van der Waals surface area contributed by atoms with Crippen LogP contribution < -0.4 is 0 Å². The topological polar surface area (TPSA) is 3.01 Å². The largest absolute Gasteiger partial charge is 0.209 e. The van der Waals surface area contributed by atoms with Crippen molar-refractivity contribution in [2.45, 2.75) is 19.3 Å². The highest BCUT2D eigenvalue weighted by Gasteiger charge is 2.42. The Kier molecular flexibility index (Phi) is 3.46. The van der Waals surface area contributed by atoms with Crippen LogP contribution in [0.4, 0.5) is 5.69 Å². The molecule has 106 valence electrons. The number of hydrogen-bond donors (Lipinski definition) is 0. The van der Waals surface area contributed by atoms with E-state index < -0.39 is 0 Å². The predicted molar refractivity (Wildman–Crippen MR) is 90.8 cm³/mol. The van der Waals surface area contributed by atoms with E-state index in [4.69, 9.17) is 11.6 Å². The summed E-state index contributed by atoms with van der Waals surface area (Å²) in [6.07, 6.45) is 4.28. The molecule has 0 fully saturated rings. The average molecular weight is 297 g/mol. The molecule has 0 amide bonds. The number of rotatable bonds is 2. The third-order valence-electron chi connectivity index (χ3n) is 4.27. The first kappa shape index (κ1) is 14.1. The number of para-hydroxylation sites is 1. The molecular formula is C19H19ClN+. The van der Waals surface area contributed by atoms with Gasteiger partial charge >= 0.3 is 0 Å². The van der Waals surface area contributed by atoms with Crippen LogP contribution in [0.1, 0.15) is 25.0 Å². The number of halogens is 1. The molecule has 1 aliphatic rings.